The van der Waals surface area contributed by atoms with E-state index in [1.807, 2.05) is 0 Å². The molecule has 0 aliphatic rings. The van der Waals surface area contributed by atoms with Crippen molar-refractivity contribution < 1.29 is 4.39 Å². The Balaban J connectivity index is 2.47. The quantitative estimate of drug-likeness (QED) is 0.472. The molecule has 0 fully saturated rings. The van der Waals surface area contributed by atoms with E-state index in [9.17, 15) is 4.39 Å². The van der Waals surface area contributed by atoms with Crippen molar-refractivity contribution in [3.05, 3.63) is 24.0 Å². The van der Waals surface area contributed by atoms with E-state index < -0.39 is 0 Å². The van der Waals surface area contributed by atoms with Gasteiger partial charge in [0.1, 0.15) is 5.82 Å². The number of halogens is 1. The number of hydrogen-bond acceptors (Lipinski definition) is 3. The maximum atomic E-state index is 12.9. The van der Waals surface area contributed by atoms with Crippen molar-refractivity contribution in [1.82, 2.24) is 0 Å². The van der Waals surface area contributed by atoms with Crippen LogP contribution in [0.3, 0.4) is 0 Å². The van der Waals surface area contributed by atoms with E-state index in [4.69, 9.17) is 11.0 Å². The van der Waals surface area contributed by atoms with Crippen LogP contribution in [0.5, 0.6) is 0 Å². The maximum Gasteiger partial charge on any atom is 0.126 e. The number of unbranched alkanes of at least 4 members (excludes halogenated alkanes) is 1. The Morgan fingerprint density at radius 3 is 2.86 bits per heavy atom. The number of benzene rings is 1. The van der Waals surface area contributed by atoms with E-state index in [1.54, 1.807) is 6.07 Å². The normalized spacial score (nSPS) is 9.71. The van der Waals surface area contributed by atoms with Crippen molar-refractivity contribution in [3.8, 4) is 6.07 Å². The zero-order chi connectivity index (χ0) is 10.4. The molecular formula is C10H11FN2S. The molecule has 0 heterocycles. The third kappa shape index (κ3) is 3.67. The van der Waals surface area contributed by atoms with E-state index >= 15 is 0 Å². The zero-order valence-electron chi connectivity index (χ0n) is 7.66. The second kappa shape index (κ2) is 5.51. The number of nitrogens with zero attached hydrogens (tertiary/aromatic N) is 1. The fourth-order valence-corrected chi connectivity index (χ4v) is 1.95. The van der Waals surface area contributed by atoms with Crippen molar-refractivity contribution in [1.29, 1.82) is 5.26 Å². The van der Waals surface area contributed by atoms with Crippen LogP contribution in [0.1, 0.15) is 12.8 Å². The Morgan fingerprint density at radius 2 is 2.21 bits per heavy atom. The number of nitriles is 1. The van der Waals surface area contributed by atoms with Crippen LogP contribution < -0.4 is 5.73 Å². The van der Waals surface area contributed by atoms with Gasteiger partial charge in [-0.1, -0.05) is 0 Å². The highest BCUT2D eigenvalue weighted by molar-refractivity contribution is 7.99. The van der Waals surface area contributed by atoms with Gasteiger partial charge in [-0.2, -0.15) is 5.26 Å². The van der Waals surface area contributed by atoms with Crippen LogP contribution in [0, 0.1) is 17.1 Å². The highest BCUT2D eigenvalue weighted by Gasteiger charge is 1.98. The van der Waals surface area contributed by atoms with Crippen molar-refractivity contribution in [2.24, 2.45) is 0 Å². The van der Waals surface area contributed by atoms with E-state index in [-0.39, 0.29) is 5.82 Å². The van der Waals surface area contributed by atoms with Gasteiger partial charge in [0.15, 0.2) is 0 Å². The summed E-state index contributed by atoms with van der Waals surface area (Å²) in [5.41, 5.74) is 5.92. The summed E-state index contributed by atoms with van der Waals surface area (Å²) in [5.74, 6) is 0.504. The Bertz CT molecular complexity index is 326. The molecule has 1 rings (SSSR count). The summed E-state index contributed by atoms with van der Waals surface area (Å²) in [4.78, 5) is 0.820. The molecule has 0 saturated heterocycles. The minimum Gasteiger partial charge on any atom is -0.399 e. The summed E-state index contributed by atoms with van der Waals surface area (Å²) in [6, 6.07) is 6.54. The SMILES string of the molecule is N#CCCCSc1cc(N)cc(F)c1. The molecule has 1 aromatic rings. The van der Waals surface area contributed by atoms with Crippen molar-refractivity contribution >= 4 is 17.4 Å². The third-order valence-electron chi connectivity index (χ3n) is 1.60. The fraction of sp³-hybridized carbons (Fsp3) is 0.300. The molecule has 0 atom stereocenters. The first kappa shape index (κ1) is 10.9. The summed E-state index contributed by atoms with van der Waals surface area (Å²) in [7, 11) is 0. The average molecular weight is 210 g/mol. The van der Waals surface area contributed by atoms with Gasteiger partial charge in [0.2, 0.25) is 0 Å². The molecule has 0 aromatic heterocycles. The Labute approximate surface area is 86.9 Å². The molecule has 0 saturated carbocycles. The van der Waals surface area contributed by atoms with Crippen molar-refractivity contribution in [2.75, 3.05) is 11.5 Å². The first-order valence-electron chi connectivity index (χ1n) is 4.28. The summed E-state index contributed by atoms with van der Waals surface area (Å²) >= 11 is 1.52. The van der Waals surface area contributed by atoms with Crippen LogP contribution in [-0.4, -0.2) is 5.75 Å². The number of nitrogen functional groups attached to an aromatic ring is 1. The van der Waals surface area contributed by atoms with Gasteiger partial charge in [0.25, 0.3) is 0 Å². The molecule has 74 valence electrons. The van der Waals surface area contributed by atoms with Crippen LogP contribution in [0.2, 0.25) is 0 Å². The standard InChI is InChI=1S/C10H11FN2S/c11-8-5-9(13)7-10(6-8)14-4-2-1-3-12/h5-7H,1-2,4,13H2. The topological polar surface area (TPSA) is 49.8 Å². The molecule has 4 heteroatoms. The van der Waals surface area contributed by atoms with Gasteiger partial charge in [-0.05, 0) is 30.4 Å². The molecule has 0 bridgehead atoms. The van der Waals surface area contributed by atoms with Gasteiger partial charge in [-0.15, -0.1) is 11.8 Å². The maximum absolute atomic E-state index is 12.9. The second-order valence-electron chi connectivity index (χ2n) is 2.83. The highest BCUT2D eigenvalue weighted by atomic mass is 32.2. The smallest absolute Gasteiger partial charge is 0.126 e. The van der Waals surface area contributed by atoms with E-state index in [0.717, 1.165) is 17.1 Å². The van der Waals surface area contributed by atoms with Crippen LogP contribution in [0.15, 0.2) is 23.1 Å². The fourth-order valence-electron chi connectivity index (χ4n) is 1.01. The lowest BCUT2D eigenvalue weighted by atomic mass is 10.3. The summed E-state index contributed by atoms with van der Waals surface area (Å²) in [6.45, 7) is 0. The molecule has 0 radical (unpaired) electrons. The van der Waals surface area contributed by atoms with Crippen LogP contribution >= 0.6 is 11.8 Å². The van der Waals surface area contributed by atoms with Crippen molar-refractivity contribution in [3.63, 3.8) is 0 Å². The van der Waals surface area contributed by atoms with Crippen LogP contribution in [0.4, 0.5) is 10.1 Å². The zero-order valence-corrected chi connectivity index (χ0v) is 8.48. The molecule has 0 aliphatic carbocycles. The molecule has 0 amide bonds. The lowest BCUT2D eigenvalue weighted by Crippen LogP contribution is -1.88. The molecule has 14 heavy (non-hydrogen) atoms. The largest absolute Gasteiger partial charge is 0.399 e. The molecule has 2 nitrogen and oxygen atoms in total. The van der Waals surface area contributed by atoms with Crippen LogP contribution in [-0.2, 0) is 0 Å². The lowest BCUT2D eigenvalue weighted by Gasteiger charge is -2.01. The monoisotopic (exact) mass is 210 g/mol. The Morgan fingerprint density at radius 1 is 1.43 bits per heavy atom. The predicted molar refractivity (Wildman–Crippen MR) is 56.4 cm³/mol. The highest BCUT2D eigenvalue weighted by Crippen LogP contribution is 2.22. The average Bonchev–Trinajstić information content (AvgIpc) is 2.11. The number of thioether (sulfide) groups is 1. The first-order valence-corrected chi connectivity index (χ1v) is 5.27. The van der Waals surface area contributed by atoms with Gasteiger partial charge < -0.3 is 5.73 Å². The van der Waals surface area contributed by atoms with Gasteiger partial charge in [-0.3, -0.25) is 0 Å². The Kier molecular flexibility index (Phi) is 4.27. The number of hydrogen-bond donors (Lipinski definition) is 1. The molecule has 0 spiro atoms. The summed E-state index contributed by atoms with van der Waals surface area (Å²) < 4.78 is 12.9. The molecular weight excluding hydrogens is 199 g/mol. The number of nitrogens with two attached hydrogens (primary N) is 1. The van der Waals surface area contributed by atoms with Gasteiger partial charge in [0, 0.05) is 17.0 Å². The second-order valence-corrected chi connectivity index (χ2v) is 4.00. The van der Waals surface area contributed by atoms with E-state index in [0.29, 0.717) is 12.1 Å². The lowest BCUT2D eigenvalue weighted by molar-refractivity contribution is 0.625. The molecule has 0 unspecified atom stereocenters. The number of anilines is 1. The van der Waals surface area contributed by atoms with E-state index in [1.165, 1.54) is 23.9 Å². The van der Waals surface area contributed by atoms with E-state index in [2.05, 4.69) is 6.07 Å². The molecule has 1 aromatic carbocycles. The molecule has 0 aliphatic heterocycles. The minimum atomic E-state index is -0.312. The minimum absolute atomic E-state index is 0.312. The summed E-state index contributed by atoms with van der Waals surface area (Å²) in [5, 5.41) is 8.31. The van der Waals surface area contributed by atoms with Gasteiger partial charge in [0.05, 0.1) is 6.07 Å². The van der Waals surface area contributed by atoms with Gasteiger partial charge in [-0.25, -0.2) is 4.39 Å². The first-order chi connectivity index (χ1) is 6.72. The van der Waals surface area contributed by atoms with Crippen LogP contribution in [0.25, 0.3) is 0 Å². The third-order valence-corrected chi connectivity index (χ3v) is 2.66. The predicted octanol–water partition coefficient (Wildman–Crippen LogP) is 2.80. The summed E-state index contributed by atoms with van der Waals surface area (Å²) in [6.07, 6.45) is 1.36. The Hall–Kier alpha value is -1.21. The number of rotatable bonds is 4. The van der Waals surface area contributed by atoms with Crippen molar-refractivity contribution in [2.45, 2.75) is 17.7 Å². The molecule has 2 N–H and O–H groups in total. The van der Waals surface area contributed by atoms with Gasteiger partial charge >= 0.3 is 0 Å².